The lowest BCUT2D eigenvalue weighted by atomic mass is 10.1. The van der Waals surface area contributed by atoms with E-state index in [2.05, 4.69) is 20.5 Å². The van der Waals surface area contributed by atoms with Crippen molar-refractivity contribution in [3.05, 3.63) is 52.8 Å². The largest absolute Gasteiger partial charge is 0.421 e. The number of amides is 1. The predicted molar refractivity (Wildman–Crippen MR) is 91.5 cm³/mol. The van der Waals surface area contributed by atoms with Crippen molar-refractivity contribution in [1.29, 1.82) is 0 Å². The van der Waals surface area contributed by atoms with Gasteiger partial charge in [-0.15, -0.1) is 10.2 Å². The number of nitrogens with one attached hydrogen (secondary N) is 1. The first kappa shape index (κ1) is 16.3. The summed E-state index contributed by atoms with van der Waals surface area (Å²) in [5.74, 6) is 0.987. The fourth-order valence-corrected chi connectivity index (χ4v) is 2.86. The first-order valence-electron chi connectivity index (χ1n) is 7.82. The second kappa shape index (κ2) is 8.35. The number of pyridine rings is 1. The van der Waals surface area contributed by atoms with E-state index in [-0.39, 0.29) is 5.91 Å². The van der Waals surface area contributed by atoms with Crippen LogP contribution in [0, 0.1) is 0 Å². The van der Waals surface area contributed by atoms with E-state index in [0.29, 0.717) is 31.2 Å². The van der Waals surface area contributed by atoms with Gasteiger partial charge >= 0.3 is 0 Å². The Bertz CT molecular complexity index is 756. The molecule has 0 spiro atoms. The molecule has 7 heteroatoms. The van der Waals surface area contributed by atoms with Gasteiger partial charge in [-0.1, -0.05) is 6.07 Å². The van der Waals surface area contributed by atoms with Crippen molar-refractivity contribution in [3.8, 4) is 11.5 Å². The zero-order chi connectivity index (χ0) is 16.6. The minimum Gasteiger partial charge on any atom is -0.421 e. The Morgan fingerprint density at radius 3 is 3.00 bits per heavy atom. The number of carbonyl (C=O) groups is 1. The number of thiophene rings is 1. The summed E-state index contributed by atoms with van der Waals surface area (Å²) in [6, 6.07) is 5.88. The number of nitrogens with zero attached hydrogens (tertiary/aromatic N) is 3. The molecule has 3 rings (SSSR count). The lowest BCUT2D eigenvalue weighted by molar-refractivity contribution is -0.121. The third-order valence-corrected chi connectivity index (χ3v) is 4.17. The number of aryl methyl sites for hydroxylation is 2. The summed E-state index contributed by atoms with van der Waals surface area (Å²) in [4.78, 5) is 15.9. The van der Waals surface area contributed by atoms with E-state index in [4.69, 9.17) is 4.42 Å². The minimum absolute atomic E-state index is 0.00327. The van der Waals surface area contributed by atoms with Crippen LogP contribution in [0.25, 0.3) is 11.5 Å². The molecule has 3 aromatic rings. The average molecular weight is 342 g/mol. The van der Waals surface area contributed by atoms with Gasteiger partial charge in [-0.2, -0.15) is 11.3 Å². The van der Waals surface area contributed by atoms with Crippen LogP contribution >= 0.6 is 11.3 Å². The molecule has 0 aromatic carbocycles. The smallest absolute Gasteiger partial charge is 0.248 e. The van der Waals surface area contributed by atoms with Gasteiger partial charge in [0.25, 0.3) is 0 Å². The van der Waals surface area contributed by atoms with E-state index in [9.17, 15) is 4.79 Å². The Balaban J connectivity index is 1.35. The number of aromatic nitrogens is 3. The van der Waals surface area contributed by atoms with E-state index >= 15 is 0 Å². The molecule has 1 amide bonds. The van der Waals surface area contributed by atoms with Gasteiger partial charge in [0.05, 0.1) is 0 Å². The van der Waals surface area contributed by atoms with Crippen molar-refractivity contribution in [2.75, 3.05) is 6.54 Å². The number of hydrogen-bond donors (Lipinski definition) is 1. The van der Waals surface area contributed by atoms with E-state index < -0.39 is 0 Å². The highest BCUT2D eigenvalue weighted by atomic mass is 32.1. The van der Waals surface area contributed by atoms with Crippen molar-refractivity contribution in [2.45, 2.75) is 25.7 Å². The van der Waals surface area contributed by atoms with Gasteiger partial charge in [0.2, 0.25) is 17.7 Å². The Labute approximate surface area is 144 Å². The third kappa shape index (κ3) is 4.73. The molecule has 0 atom stereocenters. The van der Waals surface area contributed by atoms with Crippen LogP contribution in [0.1, 0.15) is 24.3 Å². The van der Waals surface area contributed by atoms with Gasteiger partial charge in [0.15, 0.2) is 0 Å². The summed E-state index contributed by atoms with van der Waals surface area (Å²) in [7, 11) is 0. The molecule has 0 radical (unpaired) electrons. The zero-order valence-corrected chi connectivity index (χ0v) is 14.0. The molecular formula is C17H18N4O2S. The van der Waals surface area contributed by atoms with Crippen LogP contribution in [-0.4, -0.2) is 27.6 Å². The van der Waals surface area contributed by atoms with Crippen LogP contribution in [0.3, 0.4) is 0 Å². The molecule has 3 aromatic heterocycles. The van der Waals surface area contributed by atoms with Gasteiger partial charge < -0.3 is 9.73 Å². The molecule has 0 aliphatic heterocycles. The highest BCUT2D eigenvalue weighted by Gasteiger charge is 2.10. The van der Waals surface area contributed by atoms with Crippen LogP contribution < -0.4 is 5.32 Å². The topological polar surface area (TPSA) is 80.9 Å². The number of carbonyl (C=O) groups excluding carboxylic acids is 1. The summed E-state index contributed by atoms with van der Waals surface area (Å²) in [5, 5.41) is 14.8. The molecule has 24 heavy (non-hydrogen) atoms. The average Bonchev–Trinajstić information content (AvgIpc) is 3.29. The fraction of sp³-hybridized carbons (Fsp3) is 0.294. The quantitative estimate of drug-likeness (QED) is 0.637. The molecule has 0 aliphatic carbocycles. The standard InChI is InChI=1S/C17H18N4O2S/c22-15(19-9-2-4-13-3-1-8-18-11-13)5-6-16-20-21-17(23-16)14-7-10-24-12-14/h1,3,7-8,10-12H,2,4-6,9H2,(H,19,22). The van der Waals surface area contributed by atoms with Crippen molar-refractivity contribution >= 4 is 17.2 Å². The molecule has 0 unspecified atom stereocenters. The van der Waals surface area contributed by atoms with Crippen LogP contribution in [0.5, 0.6) is 0 Å². The third-order valence-electron chi connectivity index (χ3n) is 3.49. The Morgan fingerprint density at radius 1 is 1.25 bits per heavy atom. The number of hydrogen-bond acceptors (Lipinski definition) is 6. The van der Waals surface area contributed by atoms with Crippen LogP contribution in [0.15, 0.2) is 45.8 Å². The van der Waals surface area contributed by atoms with E-state index in [1.54, 1.807) is 17.5 Å². The van der Waals surface area contributed by atoms with Gasteiger partial charge in [0, 0.05) is 42.7 Å². The Hall–Kier alpha value is -2.54. The molecule has 0 saturated heterocycles. The van der Waals surface area contributed by atoms with Crippen molar-refractivity contribution in [3.63, 3.8) is 0 Å². The normalized spacial score (nSPS) is 10.7. The monoisotopic (exact) mass is 342 g/mol. The van der Waals surface area contributed by atoms with Crippen molar-refractivity contribution in [2.24, 2.45) is 0 Å². The molecule has 124 valence electrons. The van der Waals surface area contributed by atoms with E-state index in [1.807, 2.05) is 35.2 Å². The highest BCUT2D eigenvalue weighted by molar-refractivity contribution is 7.08. The highest BCUT2D eigenvalue weighted by Crippen LogP contribution is 2.20. The van der Waals surface area contributed by atoms with Crippen LogP contribution in [0.4, 0.5) is 0 Å². The first-order valence-corrected chi connectivity index (χ1v) is 8.76. The zero-order valence-electron chi connectivity index (χ0n) is 13.1. The van der Waals surface area contributed by atoms with Crippen molar-refractivity contribution in [1.82, 2.24) is 20.5 Å². The maximum atomic E-state index is 11.9. The minimum atomic E-state index is -0.00327. The SMILES string of the molecule is O=C(CCc1nnc(-c2ccsc2)o1)NCCCc1cccnc1. The lowest BCUT2D eigenvalue weighted by Crippen LogP contribution is -2.25. The molecule has 0 fully saturated rings. The van der Waals surface area contributed by atoms with E-state index in [0.717, 1.165) is 18.4 Å². The Kier molecular flexibility index (Phi) is 5.68. The molecule has 0 saturated carbocycles. The Morgan fingerprint density at radius 2 is 2.21 bits per heavy atom. The number of rotatable bonds is 8. The van der Waals surface area contributed by atoms with Gasteiger partial charge in [-0.25, -0.2) is 0 Å². The van der Waals surface area contributed by atoms with Crippen LogP contribution in [-0.2, 0) is 17.6 Å². The molecule has 0 bridgehead atoms. The van der Waals surface area contributed by atoms with Gasteiger partial charge in [-0.3, -0.25) is 9.78 Å². The summed E-state index contributed by atoms with van der Waals surface area (Å²) >= 11 is 1.58. The second-order valence-corrected chi connectivity index (χ2v) is 6.11. The predicted octanol–water partition coefficient (Wildman–Crippen LogP) is 2.87. The summed E-state index contributed by atoms with van der Waals surface area (Å²) in [6.07, 6.45) is 6.20. The molecule has 0 aliphatic rings. The van der Waals surface area contributed by atoms with E-state index in [1.165, 1.54) is 5.56 Å². The molecule has 1 N–H and O–H groups in total. The summed E-state index contributed by atoms with van der Waals surface area (Å²) in [5.41, 5.74) is 2.09. The lowest BCUT2D eigenvalue weighted by Gasteiger charge is -2.04. The first-order chi connectivity index (χ1) is 11.8. The van der Waals surface area contributed by atoms with Gasteiger partial charge in [-0.05, 0) is 35.9 Å². The fourth-order valence-electron chi connectivity index (χ4n) is 2.23. The maximum absolute atomic E-state index is 11.9. The molecular weight excluding hydrogens is 324 g/mol. The molecule has 6 nitrogen and oxygen atoms in total. The molecule has 3 heterocycles. The van der Waals surface area contributed by atoms with Crippen LogP contribution in [0.2, 0.25) is 0 Å². The van der Waals surface area contributed by atoms with Gasteiger partial charge in [0.1, 0.15) is 0 Å². The summed E-state index contributed by atoms with van der Waals surface area (Å²) < 4.78 is 5.56. The van der Waals surface area contributed by atoms with Crippen molar-refractivity contribution < 1.29 is 9.21 Å². The maximum Gasteiger partial charge on any atom is 0.248 e. The second-order valence-electron chi connectivity index (χ2n) is 5.33. The summed E-state index contributed by atoms with van der Waals surface area (Å²) in [6.45, 7) is 0.651.